The number of amides is 2. The Labute approximate surface area is 189 Å². The molecule has 2 atom stereocenters. The lowest BCUT2D eigenvalue weighted by Crippen LogP contribution is -2.54. The summed E-state index contributed by atoms with van der Waals surface area (Å²) in [5.41, 5.74) is 6.82. The molecule has 0 spiro atoms. The molecule has 0 saturated heterocycles. The predicted octanol–water partition coefficient (Wildman–Crippen LogP) is 3.80. The minimum Gasteiger partial charge on any atom is -0.354 e. The van der Waals surface area contributed by atoms with Crippen molar-refractivity contribution in [1.82, 2.24) is 10.4 Å². The molecule has 0 aromatic heterocycles. The molecule has 1 rings (SSSR count). The van der Waals surface area contributed by atoms with Gasteiger partial charge in [-0.15, -0.1) is 0 Å². The van der Waals surface area contributed by atoms with Crippen LogP contribution in [-0.4, -0.2) is 52.6 Å². The largest absolute Gasteiger partial charge is 0.354 e. The summed E-state index contributed by atoms with van der Waals surface area (Å²) in [5.74, 6) is 0.0771. The van der Waals surface area contributed by atoms with Crippen molar-refractivity contribution in [3.8, 4) is 0 Å². The third-order valence-corrected chi connectivity index (χ3v) is 7.30. The van der Waals surface area contributed by atoms with E-state index in [0.29, 0.717) is 25.3 Å². The zero-order chi connectivity index (χ0) is 22.6. The summed E-state index contributed by atoms with van der Waals surface area (Å²) in [7, 11) is 3.45. The third-order valence-electron chi connectivity index (χ3n) is 4.00. The van der Waals surface area contributed by atoms with Gasteiger partial charge in [0.1, 0.15) is 6.04 Å². The first-order chi connectivity index (χ1) is 14.2. The van der Waals surface area contributed by atoms with Crippen LogP contribution in [0.2, 0.25) is 0 Å². The van der Waals surface area contributed by atoms with Gasteiger partial charge in [-0.1, -0.05) is 86.0 Å². The minimum absolute atomic E-state index is 0.140. The summed E-state index contributed by atoms with van der Waals surface area (Å²) in [5, 5.41) is 4.13. The first-order valence-corrected chi connectivity index (χ1v) is 12.8. The molecule has 0 saturated carbocycles. The maximum atomic E-state index is 13.0. The Kier molecular flexibility index (Phi) is 12.5. The lowest BCUT2D eigenvalue weighted by Gasteiger charge is -2.31. The number of hydroxylamine groups is 2. The van der Waals surface area contributed by atoms with Crippen LogP contribution in [0.15, 0.2) is 30.3 Å². The number of hydrogen-bond donors (Lipinski definition) is 2. The standard InChI is InChI=1S/C22H37N3O3S2/c1-6-7-13-24-20(26)19(16-18-11-9-8-10-12-18)25(21(27)17(2)23)28-14-15-29-30-22(3,4)5/h8-12,17,19H,6-7,13-16,23H2,1-5H3,(H,24,26)/t17-,19-/m0/s1. The Balaban J connectivity index is 2.92. The van der Waals surface area contributed by atoms with Gasteiger partial charge in [0.2, 0.25) is 5.91 Å². The summed E-state index contributed by atoms with van der Waals surface area (Å²) in [6.45, 7) is 11.0. The molecule has 3 N–H and O–H groups in total. The topological polar surface area (TPSA) is 84.7 Å². The number of carbonyl (C=O) groups excluding carboxylic acids is 2. The molecule has 0 aliphatic carbocycles. The molecule has 30 heavy (non-hydrogen) atoms. The molecule has 0 fully saturated rings. The van der Waals surface area contributed by atoms with Crippen molar-refractivity contribution < 1.29 is 14.4 Å². The quantitative estimate of drug-likeness (QED) is 0.267. The number of benzene rings is 1. The van der Waals surface area contributed by atoms with Crippen LogP contribution >= 0.6 is 21.6 Å². The number of nitrogens with one attached hydrogen (secondary N) is 1. The molecule has 8 heteroatoms. The van der Waals surface area contributed by atoms with E-state index >= 15 is 0 Å². The lowest BCUT2D eigenvalue weighted by molar-refractivity contribution is -0.200. The number of unbranched alkanes of at least 4 members (excludes halogenated alkanes) is 1. The molecular formula is C22H37N3O3S2. The van der Waals surface area contributed by atoms with Crippen LogP contribution in [0.25, 0.3) is 0 Å². The monoisotopic (exact) mass is 455 g/mol. The number of rotatable bonds is 13. The van der Waals surface area contributed by atoms with Crippen molar-refractivity contribution in [3.05, 3.63) is 35.9 Å². The highest BCUT2D eigenvalue weighted by atomic mass is 33.1. The first kappa shape index (κ1) is 26.8. The smallest absolute Gasteiger partial charge is 0.263 e. The van der Waals surface area contributed by atoms with E-state index in [2.05, 4.69) is 33.0 Å². The molecule has 6 nitrogen and oxygen atoms in total. The van der Waals surface area contributed by atoms with Gasteiger partial charge in [-0.2, -0.15) is 0 Å². The van der Waals surface area contributed by atoms with E-state index in [1.807, 2.05) is 30.3 Å². The molecule has 1 aromatic carbocycles. The molecule has 0 aliphatic rings. The Morgan fingerprint density at radius 1 is 1.23 bits per heavy atom. The number of carbonyl (C=O) groups is 2. The summed E-state index contributed by atoms with van der Waals surface area (Å²) < 4.78 is 0.140. The van der Waals surface area contributed by atoms with E-state index in [1.165, 1.54) is 5.06 Å². The van der Waals surface area contributed by atoms with Gasteiger partial charge >= 0.3 is 0 Å². The van der Waals surface area contributed by atoms with Crippen LogP contribution in [0.1, 0.15) is 53.0 Å². The van der Waals surface area contributed by atoms with Crippen molar-refractivity contribution in [1.29, 1.82) is 0 Å². The Bertz CT molecular complexity index is 636. The molecule has 0 aliphatic heterocycles. The summed E-state index contributed by atoms with van der Waals surface area (Å²) >= 11 is 0. The van der Waals surface area contributed by atoms with E-state index in [-0.39, 0.29) is 10.7 Å². The van der Waals surface area contributed by atoms with Gasteiger partial charge in [-0.25, -0.2) is 5.06 Å². The van der Waals surface area contributed by atoms with Gasteiger partial charge in [0, 0.05) is 23.5 Å². The first-order valence-electron chi connectivity index (χ1n) is 10.5. The predicted molar refractivity (Wildman–Crippen MR) is 128 cm³/mol. The van der Waals surface area contributed by atoms with Crippen LogP contribution in [0, 0.1) is 0 Å². The van der Waals surface area contributed by atoms with Crippen molar-refractivity contribution in [2.24, 2.45) is 5.73 Å². The van der Waals surface area contributed by atoms with Gasteiger partial charge in [-0.05, 0) is 18.9 Å². The van der Waals surface area contributed by atoms with Crippen LogP contribution in [0.3, 0.4) is 0 Å². The van der Waals surface area contributed by atoms with Crippen molar-refractivity contribution >= 4 is 33.4 Å². The van der Waals surface area contributed by atoms with Gasteiger partial charge in [-0.3, -0.25) is 14.4 Å². The fraction of sp³-hybridized carbons (Fsp3) is 0.636. The summed E-state index contributed by atoms with van der Waals surface area (Å²) in [6.07, 6.45) is 2.22. The molecule has 2 amide bonds. The number of nitrogens with two attached hydrogens (primary N) is 1. The van der Waals surface area contributed by atoms with Gasteiger partial charge in [0.15, 0.2) is 0 Å². The molecule has 0 heterocycles. The molecule has 170 valence electrons. The molecule has 0 radical (unpaired) electrons. The second-order valence-electron chi connectivity index (χ2n) is 8.15. The van der Waals surface area contributed by atoms with Crippen LogP contribution < -0.4 is 11.1 Å². The van der Waals surface area contributed by atoms with E-state index in [4.69, 9.17) is 10.6 Å². The number of hydrogen-bond acceptors (Lipinski definition) is 6. The fourth-order valence-electron chi connectivity index (χ4n) is 2.52. The SMILES string of the molecule is CCCCNC(=O)[C@H](Cc1ccccc1)N(OCCSSC(C)(C)C)C(=O)[C@H](C)N. The van der Waals surface area contributed by atoms with Crippen LogP contribution in [0.4, 0.5) is 0 Å². The number of nitrogens with zero attached hydrogens (tertiary/aromatic N) is 1. The van der Waals surface area contributed by atoms with E-state index < -0.39 is 18.0 Å². The molecular weight excluding hydrogens is 418 g/mol. The average molecular weight is 456 g/mol. The van der Waals surface area contributed by atoms with Crippen molar-refractivity contribution in [3.63, 3.8) is 0 Å². The Morgan fingerprint density at radius 2 is 1.90 bits per heavy atom. The lowest BCUT2D eigenvalue weighted by atomic mass is 10.0. The van der Waals surface area contributed by atoms with Gasteiger partial charge in [0.05, 0.1) is 12.6 Å². The van der Waals surface area contributed by atoms with E-state index in [0.717, 1.165) is 18.4 Å². The fourth-order valence-corrected chi connectivity index (χ4v) is 4.62. The van der Waals surface area contributed by atoms with Crippen molar-refractivity contribution in [2.45, 2.75) is 70.7 Å². The Morgan fingerprint density at radius 3 is 2.47 bits per heavy atom. The van der Waals surface area contributed by atoms with Crippen LogP contribution in [0.5, 0.6) is 0 Å². The normalized spacial score (nSPS) is 13.5. The summed E-state index contributed by atoms with van der Waals surface area (Å²) in [4.78, 5) is 31.6. The van der Waals surface area contributed by atoms with Gasteiger partial charge in [0.25, 0.3) is 5.91 Å². The van der Waals surface area contributed by atoms with Crippen molar-refractivity contribution in [2.75, 3.05) is 18.9 Å². The minimum atomic E-state index is -0.775. The second kappa shape index (κ2) is 14.0. The average Bonchev–Trinajstić information content (AvgIpc) is 2.69. The maximum Gasteiger partial charge on any atom is 0.263 e. The highest BCUT2D eigenvalue weighted by Gasteiger charge is 2.32. The highest BCUT2D eigenvalue weighted by molar-refractivity contribution is 8.77. The maximum absolute atomic E-state index is 13.0. The molecule has 0 bridgehead atoms. The molecule has 1 aromatic rings. The zero-order valence-electron chi connectivity index (χ0n) is 18.8. The second-order valence-corrected chi connectivity index (χ2v) is 11.4. The Hall–Kier alpha value is -1.22. The summed E-state index contributed by atoms with van der Waals surface area (Å²) in [6, 6.07) is 8.10. The van der Waals surface area contributed by atoms with Crippen LogP contribution in [-0.2, 0) is 20.8 Å². The van der Waals surface area contributed by atoms with E-state index in [9.17, 15) is 9.59 Å². The zero-order valence-corrected chi connectivity index (χ0v) is 20.5. The van der Waals surface area contributed by atoms with E-state index in [1.54, 1.807) is 28.5 Å². The highest BCUT2D eigenvalue weighted by Crippen LogP contribution is 2.34. The molecule has 0 unspecified atom stereocenters. The van der Waals surface area contributed by atoms with Gasteiger partial charge < -0.3 is 11.1 Å². The third kappa shape index (κ3) is 10.7.